The average Bonchev–Trinajstić information content (AvgIpc) is 3.04. The van der Waals surface area contributed by atoms with Crippen molar-refractivity contribution in [2.24, 2.45) is 5.92 Å². The van der Waals surface area contributed by atoms with E-state index < -0.39 is 0 Å². The maximum Gasteiger partial charge on any atom is 0.226 e. The van der Waals surface area contributed by atoms with Gasteiger partial charge in [-0.2, -0.15) is 4.98 Å². The first-order valence-electron chi connectivity index (χ1n) is 7.68. The Hall–Kier alpha value is -1.76. The predicted octanol–water partition coefficient (Wildman–Crippen LogP) is 2.92. The zero-order chi connectivity index (χ0) is 15.5. The van der Waals surface area contributed by atoms with Crippen LogP contribution >= 0.6 is 11.3 Å². The number of amides is 1. The monoisotopic (exact) mass is 320 g/mol. The molecular formula is C15H20N4O2S. The van der Waals surface area contributed by atoms with E-state index in [-0.39, 0.29) is 5.91 Å². The van der Waals surface area contributed by atoms with Crippen molar-refractivity contribution in [3.63, 3.8) is 0 Å². The third-order valence-corrected chi connectivity index (χ3v) is 4.83. The van der Waals surface area contributed by atoms with Gasteiger partial charge in [0.1, 0.15) is 0 Å². The molecule has 0 aliphatic heterocycles. The standard InChI is InChI=1S/C15H20N4O2S/c1-9-6-7-11-12(8-9)22-15(17-11)18-13(20)4-3-5-14-16-10(2)19-21-14/h9H,3-8H2,1-2H3,(H,17,18,20)/t9-/m0/s1. The fraction of sp³-hybridized carbons (Fsp3) is 0.600. The summed E-state index contributed by atoms with van der Waals surface area (Å²) in [5.41, 5.74) is 1.17. The SMILES string of the molecule is Cc1noc(CCCC(=O)Nc2nc3c(s2)C[C@@H](C)CC3)n1. The summed E-state index contributed by atoms with van der Waals surface area (Å²) in [6.07, 6.45) is 5.05. The molecule has 0 spiro atoms. The third kappa shape index (κ3) is 3.71. The summed E-state index contributed by atoms with van der Waals surface area (Å²) < 4.78 is 5.03. The van der Waals surface area contributed by atoms with E-state index in [1.165, 1.54) is 17.0 Å². The summed E-state index contributed by atoms with van der Waals surface area (Å²) >= 11 is 1.62. The topological polar surface area (TPSA) is 80.9 Å². The van der Waals surface area contributed by atoms with Crippen molar-refractivity contribution in [2.45, 2.75) is 52.4 Å². The highest BCUT2D eigenvalue weighted by atomic mass is 32.1. The van der Waals surface area contributed by atoms with E-state index in [2.05, 4.69) is 27.4 Å². The molecule has 2 aromatic heterocycles. The summed E-state index contributed by atoms with van der Waals surface area (Å²) in [5.74, 6) is 1.93. The molecule has 0 unspecified atom stereocenters. The number of fused-ring (bicyclic) bond motifs is 1. The lowest BCUT2D eigenvalue weighted by atomic mass is 9.93. The van der Waals surface area contributed by atoms with Gasteiger partial charge < -0.3 is 9.84 Å². The number of nitrogens with zero attached hydrogens (tertiary/aromatic N) is 3. The number of hydrogen-bond donors (Lipinski definition) is 1. The molecule has 6 nitrogen and oxygen atoms in total. The minimum Gasteiger partial charge on any atom is -0.339 e. The van der Waals surface area contributed by atoms with E-state index in [1.807, 2.05) is 0 Å². The molecular weight excluding hydrogens is 300 g/mol. The van der Waals surface area contributed by atoms with E-state index in [1.54, 1.807) is 18.3 Å². The van der Waals surface area contributed by atoms with Crippen LogP contribution < -0.4 is 5.32 Å². The van der Waals surface area contributed by atoms with Crippen molar-refractivity contribution in [1.82, 2.24) is 15.1 Å². The van der Waals surface area contributed by atoms with Gasteiger partial charge in [0.05, 0.1) is 5.69 Å². The molecule has 2 aromatic rings. The second-order valence-corrected chi connectivity index (χ2v) is 6.96. The first kappa shape index (κ1) is 15.1. The normalized spacial score (nSPS) is 17.3. The Bertz CT molecular complexity index is 664. The Balaban J connectivity index is 1.47. The second kappa shape index (κ2) is 6.56. The molecule has 0 radical (unpaired) electrons. The van der Waals surface area contributed by atoms with Gasteiger partial charge in [0.15, 0.2) is 11.0 Å². The first-order chi connectivity index (χ1) is 10.6. The lowest BCUT2D eigenvalue weighted by Crippen LogP contribution is -2.11. The Labute approximate surface area is 133 Å². The van der Waals surface area contributed by atoms with Crippen molar-refractivity contribution in [1.29, 1.82) is 0 Å². The number of aromatic nitrogens is 3. The molecule has 7 heteroatoms. The third-order valence-electron chi connectivity index (χ3n) is 3.80. The molecule has 1 amide bonds. The number of aryl methyl sites for hydroxylation is 3. The van der Waals surface area contributed by atoms with Gasteiger partial charge in [-0.25, -0.2) is 4.98 Å². The fourth-order valence-corrected chi connectivity index (χ4v) is 3.80. The highest BCUT2D eigenvalue weighted by Gasteiger charge is 2.20. The lowest BCUT2D eigenvalue weighted by Gasteiger charge is -2.15. The van der Waals surface area contributed by atoms with Crippen LogP contribution in [0.4, 0.5) is 5.13 Å². The van der Waals surface area contributed by atoms with Gasteiger partial charge in [-0.1, -0.05) is 12.1 Å². The summed E-state index contributed by atoms with van der Waals surface area (Å²) in [5, 5.41) is 7.37. The largest absolute Gasteiger partial charge is 0.339 e. The van der Waals surface area contributed by atoms with Crippen LogP contribution in [0.3, 0.4) is 0 Å². The lowest BCUT2D eigenvalue weighted by molar-refractivity contribution is -0.116. The fourth-order valence-electron chi connectivity index (χ4n) is 2.62. The van der Waals surface area contributed by atoms with E-state index in [0.717, 1.165) is 23.9 Å². The molecule has 1 atom stereocenters. The molecule has 0 saturated carbocycles. The Morgan fingerprint density at radius 2 is 2.32 bits per heavy atom. The zero-order valence-electron chi connectivity index (χ0n) is 12.9. The van der Waals surface area contributed by atoms with E-state index in [0.29, 0.717) is 31.0 Å². The molecule has 0 bridgehead atoms. The highest BCUT2D eigenvalue weighted by molar-refractivity contribution is 7.15. The molecule has 22 heavy (non-hydrogen) atoms. The molecule has 2 heterocycles. The molecule has 1 aliphatic rings. The van der Waals surface area contributed by atoms with Gasteiger partial charge in [-0.15, -0.1) is 11.3 Å². The maximum absolute atomic E-state index is 12.0. The van der Waals surface area contributed by atoms with E-state index >= 15 is 0 Å². The van der Waals surface area contributed by atoms with Crippen LogP contribution in [0.1, 0.15) is 48.5 Å². The second-order valence-electron chi connectivity index (χ2n) is 5.87. The molecule has 0 aromatic carbocycles. The van der Waals surface area contributed by atoms with Gasteiger partial charge in [-0.05, 0) is 38.5 Å². The van der Waals surface area contributed by atoms with Crippen LogP contribution in [0.25, 0.3) is 0 Å². The molecule has 0 fully saturated rings. The molecule has 1 N–H and O–H groups in total. The Morgan fingerprint density at radius 3 is 3.09 bits per heavy atom. The van der Waals surface area contributed by atoms with E-state index in [9.17, 15) is 4.79 Å². The summed E-state index contributed by atoms with van der Waals surface area (Å²) in [6.45, 7) is 4.05. The van der Waals surface area contributed by atoms with Gasteiger partial charge in [0, 0.05) is 17.7 Å². The first-order valence-corrected chi connectivity index (χ1v) is 8.49. The van der Waals surface area contributed by atoms with Crippen LogP contribution in [-0.4, -0.2) is 21.0 Å². The van der Waals surface area contributed by atoms with E-state index in [4.69, 9.17) is 4.52 Å². The average molecular weight is 320 g/mol. The van der Waals surface area contributed by atoms with Gasteiger partial charge in [0.25, 0.3) is 0 Å². The van der Waals surface area contributed by atoms with Crippen molar-refractivity contribution in [3.05, 3.63) is 22.3 Å². The molecule has 3 rings (SSSR count). The van der Waals surface area contributed by atoms with Crippen LogP contribution in [0.5, 0.6) is 0 Å². The van der Waals surface area contributed by atoms with Gasteiger partial charge >= 0.3 is 0 Å². The minimum absolute atomic E-state index is 0.00428. The summed E-state index contributed by atoms with van der Waals surface area (Å²) in [4.78, 5) is 22.0. The van der Waals surface area contributed by atoms with Crippen LogP contribution in [-0.2, 0) is 24.1 Å². The van der Waals surface area contributed by atoms with Crippen LogP contribution in [0.15, 0.2) is 4.52 Å². The molecule has 0 saturated heterocycles. The molecule has 1 aliphatic carbocycles. The molecule has 118 valence electrons. The van der Waals surface area contributed by atoms with Gasteiger partial charge in [-0.3, -0.25) is 4.79 Å². The van der Waals surface area contributed by atoms with Crippen molar-refractivity contribution in [3.8, 4) is 0 Å². The Morgan fingerprint density at radius 1 is 1.45 bits per heavy atom. The highest BCUT2D eigenvalue weighted by Crippen LogP contribution is 2.32. The van der Waals surface area contributed by atoms with Crippen molar-refractivity contribution < 1.29 is 9.32 Å². The zero-order valence-corrected chi connectivity index (χ0v) is 13.7. The summed E-state index contributed by atoms with van der Waals surface area (Å²) in [6, 6.07) is 0. The number of hydrogen-bond acceptors (Lipinski definition) is 6. The van der Waals surface area contributed by atoms with Gasteiger partial charge in [0.2, 0.25) is 11.8 Å². The number of carbonyl (C=O) groups excluding carboxylic acids is 1. The Kier molecular flexibility index (Phi) is 4.52. The number of nitrogens with one attached hydrogen (secondary N) is 1. The smallest absolute Gasteiger partial charge is 0.226 e. The number of carbonyl (C=O) groups is 1. The minimum atomic E-state index is -0.00428. The number of thiazole rings is 1. The van der Waals surface area contributed by atoms with Crippen LogP contribution in [0, 0.1) is 12.8 Å². The van der Waals surface area contributed by atoms with Crippen molar-refractivity contribution in [2.75, 3.05) is 5.32 Å². The van der Waals surface area contributed by atoms with Crippen LogP contribution in [0.2, 0.25) is 0 Å². The predicted molar refractivity (Wildman–Crippen MR) is 83.9 cm³/mol. The number of anilines is 1. The number of rotatable bonds is 5. The maximum atomic E-state index is 12.0. The van der Waals surface area contributed by atoms with Crippen molar-refractivity contribution >= 4 is 22.4 Å². The summed E-state index contributed by atoms with van der Waals surface area (Å²) in [7, 11) is 0. The quantitative estimate of drug-likeness (QED) is 0.916.